The fourth-order valence-electron chi connectivity index (χ4n) is 1.33. The summed E-state index contributed by atoms with van der Waals surface area (Å²) in [6.07, 6.45) is -1.18. The number of carbonyl (C=O) groups excluding carboxylic acids is 1. The Hall–Kier alpha value is -1.82. The Labute approximate surface area is 99.9 Å². The molecule has 0 saturated heterocycles. The molecular weight excluding hydrogens is 246 g/mol. The highest BCUT2D eigenvalue weighted by Gasteiger charge is 2.11. The summed E-state index contributed by atoms with van der Waals surface area (Å²) >= 11 is 1.08. The quantitative estimate of drug-likeness (QED) is 0.915. The Kier molecular flexibility index (Phi) is 3.14. The molecule has 0 spiro atoms. The number of primary amides is 1. The van der Waals surface area contributed by atoms with Crippen LogP contribution in [-0.4, -0.2) is 10.9 Å². The molecule has 0 aliphatic heterocycles. The van der Waals surface area contributed by atoms with Crippen molar-refractivity contribution in [1.82, 2.24) is 4.98 Å². The third kappa shape index (κ3) is 2.47. The Morgan fingerprint density at radius 1 is 1.41 bits per heavy atom. The molecule has 0 aliphatic rings. The maximum Gasteiger partial charge on any atom is 0.263 e. The van der Waals surface area contributed by atoms with Crippen LogP contribution < -0.4 is 5.73 Å². The summed E-state index contributed by atoms with van der Waals surface area (Å²) < 4.78 is 25.0. The maximum atomic E-state index is 12.5. The fraction of sp³-hybridized carbons (Fsp3) is 0.0909. The van der Waals surface area contributed by atoms with Gasteiger partial charge in [-0.3, -0.25) is 4.79 Å². The summed E-state index contributed by atoms with van der Waals surface area (Å²) in [4.78, 5) is 15.2. The Balaban J connectivity index is 2.38. The smallest absolute Gasteiger partial charge is 0.263 e. The number of nitrogens with two attached hydrogens (primary N) is 1. The van der Waals surface area contributed by atoms with Crippen molar-refractivity contribution in [3.8, 4) is 10.6 Å². The molecule has 0 bridgehead atoms. The molecule has 0 unspecified atom stereocenters. The molecule has 0 saturated carbocycles. The zero-order valence-corrected chi connectivity index (χ0v) is 9.38. The molecule has 88 valence electrons. The van der Waals surface area contributed by atoms with Crippen LogP contribution in [0.1, 0.15) is 21.7 Å². The summed E-state index contributed by atoms with van der Waals surface area (Å²) in [6.45, 7) is 0. The highest BCUT2D eigenvalue weighted by Crippen LogP contribution is 2.28. The number of alkyl halides is 2. The minimum absolute atomic E-state index is 0.0710. The van der Waals surface area contributed by atoms with E-state index >= 15 is 0 Å². The van der Waals surface area contributed by atoms with Crippen molar-refractivity contribution in [3.05, 3.63) is 40.9 Å². The molecule has 0 atom stereocenters. The zero-order chi connectivity index (χ0) is 12.4. The van der Waals surface area contributed by atoms with Crippen molar-refractivity contribution in [2.75, 3.05) is 0 Å². The van der Waals surface area contributed by atoms with E-state index in [0.29, 0.717) is 15.4 Å². The van der Waals surface area contributed by atoms with Crippen molar-refractivity contribution in [2.45, 2.75) is 6.43 Å². The van der Waals surface area contributed by atoms with Gasteiger partial charge in [0.15, 0.2) is 0 Å². The lowest BCUT2D eigenvalue weighted by molar-refractivity contribution is 0.100. The Morgan fingerprint density at radius 3 is 2.76 bits per heavy atom. The topological polar surface area (TPSA) is 56.0 Å². The molecule has 2 N–H and O–H groups in total. The van der Waals surface area contributed by atoms with Gasteiger partial charge in [-0.1, -0.05) is 18.2 Å². The summed E-state index contributed by atoms with van der Waals surface area (Å²) in [7, 11) is 0. The summed E-state index contributed by atoms with van der Waals surface area (Å²) in [6, 6.07) is 5.89. The van der Waals surface area contributed by atoms with Gasteiger partial charge in [0.25, 0.3) is 12.3 Å². The predicted octanol–water partition coefficient (Wildman–Crippen LogP) is 2.85. The Bertz CT molecular complexity index is 554. The van der Waals surface area contributed by atoms with Gasteiger partial charge in [-0.05, 0) is 6.07 Å². The Morgan fingerprint density at radius 2 is 2.18 bits per heavy atom. The van der Waals surface area contributed by atoms with Crippen molar-refractivity contribution in [3.63, 3.8) is 0 Å². The first-order valence-electron chi connectivity index (χ1n) is 4.72. The van der Waals surface area contributed by atoms with E-state index in [9.17, 15) is 13.6 Å². The second kappa shape index (κ2) is 4.58. The van der Waals surface area contributed by atoms with Gasteiger partial charge >= 0.3 is 0 Å². The lowest BCUT2D eigenvalue weighted by Crippen LogP contribution is -2.08. The van der Waals surface area contributed by atoms with Crippen LogP contribution >= 0.6 is 11.3 Å². The number of carbonyl (C=O) groups is 1. The third-order valence-corrected chi connectivity index (χ3v) is 3.20. The number of thiazole rings is 1. The summed E-state index contributed by atoms with van der Waals surface area (Å²) in [5.41, 5.74) is 5.58. The summed E-state index contributed by atoms with van der Waals surface area (Å²) in [5, 5.41) is 0.501. The van der Waals surface area contributed by atoms with Crippen LogP contribution in [0.5, 0.6) is 0 Å². The summed E-state index contributed by atoms with van der Waals surface area (Å²) in [5.74, 6) is -0.571. The molecule has 6 heteroatoms. The van der Waals surface area contributed by atoms with E-state index in [1.807, 2.05) is 0 Å². The van der Waals surface area contributed by atoms with Crippen molar-refractivity contribution in [2.24, 2.45) is 5.73 Å². The van der Waals surface area contributed by atoms with Crippen LogP contribution in [-0.2, 0) is 0 Å². The van der Waals surface area contributed by atoms with E-state index in [1.54, 1.807) is 6.07 Å². The number of aromatic nitrogens is 1. The standard InChI is InChI=1S/C11H8F2N2OS/c12-9(13)6-2-1-3-7(4-6)11-15-5-8(17-11)10(14)16/h1-5,9H,(H2,14,16). The van der Waals surface area contributed by atoms with Crippen LogP contribution in [0.2, 0.25) is 0 Å². The number of benzene rings is 1. The molecular formula is C11H8F2N2OS. The highest BCUT2D eigenvalue weighted by atomic mass is 32.1. The van der Waals surface area contributed by atoms with Gasteiger partial charge in [-0.15, -0.1) is 11.3 Å². The van der Waals surface area contributed by atoms with Gasteiger partial charge in [-0.25, -0.2) is 13.8 Å². The van der Waals surface area contributed by atoms with E-state index in [-0.39, 0.29) is 5.56 Å². The minimum atomic E-state index is -2.52. The van der Waals surface area contributed by atoms with E-state index in [0.717, 1.165) is 11.3 Å². The van der Waals surface area contributed by atoms with Crippen LogP contribution in [0.15, 0.2) is 30.5 Å². The number of rotatable bonds is 3. The molecule has 17 heavy (non-hydrogen) atoms. The normalized spacial score (nSPS) is 10.8. The average Bonchev–Trinajstić information content (AvgIpc) is 2.78. The second-order valence-electron chi connectivity index (χ2n) is 3.32. The fourth-order valence-corrected chi connectivity index (χ4v) is 2.09. The van der Waals surface area contributed by atoms with Gasteiger partial charge < -0.3 is 5.73 Å². The number of halogens is 2. The second-order valence-corrected chi connectivity index (χ2v) is 4.35. The van der Waals surface area contributed by atoms with Gasteiger partial charge in [0.2, 0.25) is 0 Å². The monoisotopic (exact) mass is 254 g/mol. The molecule has 0 aliphatic carbocycles. The van der Waals surface area contributed by atoms with Crippen molar-refractivity contribution >= 4 is 17.2 Å². The molecule has 2 rings (SSSR count). The van der Waals surface area contributed by atoms with E-state index < -0.39 is 12.3 Å². The van der Waals surface area contributed by atoms with Crippen LogP contribution in [0.4, 0.5) is 8.78 Å². The average molecular weight is 254 g/mol. The van der Waals surface area contributed by atoms with Crippen LogP contribution in [0.25, 0.3) is 10.6 Å². The minimum Gasteiger partial charge on any atom is -0.365 e. The lowest BCUT2D eigenvalue weighted by Gasteiger charge is -2.01. The van der Waals surface area contributed by atoms with Crippen LogP contribution in [0, 0.1) is 0 Å². The van der Waals surface area contributed by atoms with Gasteiger partial charge in [-0.2, -0.15) is 0 Å². The highest BCUT2D eigenvalue weighted by molar-refractivity contribution is 7.16. The molecule has 1 amide bonds. The van der Waals surface area contributed by atoms with E-state index in [4.69, 9.17) is 5.73 Å². The van der Waals surface area contributed by atoms with Gasteiger partial charge in [0, 0.05) is 11.1 Å². The maximum absolute atomic E-state index is 12.5. The molecule has 1 aromatic heterocycles. The zero-order valence-electron chi connectivity index (χ0n) is 8.56. The van der Waals surface area contributed by atoms with E-state index in [2.05, 4.69) is 4.98 Å². The SMILES string of the molecule is NC(=O)c1cnc(-c2cccc(C(F)F)c2)s1. The van der Waals surface area contributed by atoms with Gasteiger partial charge in [0.1, 0.15) is 9.88 Å². The van der Waals surface area contributed by atoms with Crippen molar-refractivity contribution < 1.29 is 13.6 Å². The molecule has 1 aromatic carbocycles. The first kappa shape index (κ1) is 11.7. The largest absolute Gasteiger partial charge is 0.365 e. The first-order chi connectivity index (χ1) is 8.08. The van der Waals surface area contributed by atoms with Gasteiger partial charge in [0.05, 0.1) is 6.20 Å². The molecule has 1 heterocycles. The van der Waals surface area contributed by atoms with Crippen LogP contribution in [0.3, 0.4) is 0 Å². The molecule has 3 nitrogen and oxygen atoms in total. The van der Waals surface area contributed by atoms with E-state index in [1.165, 1.54) is 24.4 Å². The number of amides is 1. The predicted molar refractivity (Wildman–Crippen MR) is 61.0 cm³/mol. The molecule has 0 fully saturated rings. The lowest BCUT2D eigenvalue weighted by atomic mass is 10.1. The van der Waals surface area contributed by atoms with Crippen molar-refractivity contribution in [1.29, 1.82) is 0 Å². The number of hydrogen-bond acceptors (Lipinski definition) is 3. The number of hydrogen-bond donors (Lipinski definition) is 1. The first-order valence-corrected chi connectivity index (χ1v) is 5.53. The third-order valence-electron chi connectivity index (χ3n) is 2.13. The molecule has 2 aromatic rings. The molecule has 0 radical (unpaired) electrons. The number of nitrogens with zero attached hydrogens (tertiary/aromatic N) is 1.